The van der Waals surface area contributed by atoms with E-state index in [9.17, 15) is 9.59 Å². The summed E-state index contributed by atoms with van der Waals surface area (Å²) in [5.41, 5.74) is 3.32. The lowest BCUT2D eigenvalue weighted by Gasteiger charge is -2.27. The molecule has 0 aliphatic heterocycles. The summed E-state index contributed by atoms with van der Waals surface area (Å²) in [6.07, 6.45) is 5.02. The fourth-order valence-electron chi connectivity index (χ4n) is 3.56. The molecule has 0 fully saturated rings. The standard InChI is InChI=1S/C23H22N2O3S/c1-15(23(27)25-18-11-6-8-16-7-2-3-9-17(16)18)28-22(26)14-13-21-24-19-10-4-5-12-20(19)29-21/h2-5,7,9-10,12-15,18H,6,8,11H2,1H3,(H,25,27)/b14-13+/t15-,18+/m1/s1. The van der Waals surface area contributed by atoms with Crippen LogP contribution in [0.4, 0.5) is 0 Å². The van der Waals surface area contributed by atoms with Crippen LogP contribution in [0.2, 0.25) is 0 Å². The third-order valence-corrected chi connectivity index (χ3v) is 6.02. The summed E-state index contributed by atoms with van der Waals surface area (Å²) in [5, 5.41) is 3.74. The van der Waals surface area contributed by atoms with Crippen molar-refractivity contribution in [3.8, 4) is 0 Å². The predicted octanol–water partition coefficient (Wildman–Crippen LogP) is 4.44. The first-order valence-electron chi connectivity index (χ1n) is 9.72. The third-order valence-electron chi connectivity index (χ3n) is 5.02. The van der Waals surface area contributed by atoms with Gasteiger partial charge in [-0.3, -0.25) is 4.79 Å². The zero-order valence-electron chi connectivity index (χ0n) is 16.1. The van der Waals surface area contributed by atoms with E-state index < -0.39 is 12.1 Å². The van der Waals surface area contributed by atoms with E-state index in [1.165, 1.54) is 23.0 Å². The molecule has 0 saturated heterocycles. The molecule has 4 rings (SSSR count). The molecule has 1 amide bonds. The lowest BCUT2D eigenvalue weighted by molar-refractivity contribution is -0.150. The van der Waals surface area contributed by atoms with Gasteiger partial charge in [0.25, 0.3) is 5.91 Å². The number of carbonyl (C=O) groups is 2. The van der Waals surface area contributed by atoms with Gasteiger partial charge in [0.2, 0.25) is 0 Å². The van der Waals surface area contributed by atoms with Crippen molar-refractivity contribution >= 4 is 39.5 Å². The Balaban J connectivity index is 1.34. The molecule has 5 nitrogen and oxygen atoms in total. The first kappa shape index (κ1) is 19.3. The summed E-state index contributed by atoms with van der Waals surface area (Å²) in [4.78, 5) is 29.1. The maximum Gasteiger partial charge on any atom is 0.331 e. The van der Waals surface area contributed by atoms with E-state index in [2.05, 4.69) is 22.4 Å². The summed E-state index contributed by atoms with van der Waals surface area (Å²) in [5.74, 6) is -0.843. The molecule has 1 aromatic heterocycles. The first-order valence-corrected chi connectivity index (χ1v) is 10.5. The van der Waals surface area contributed by atoms with Crippen molar-refractivity contribution in [3.63, 3.8) is 0 Å². The van der Waals surface area contributed by atoms with Gasteiger partial charge in [0, 0.05) is 6.08 Å². The molecule has 6 heteroatoms. The number of fused-ring (bicyclic) bond motifs is 2. The van der Waals surface area contributed by atoms with E-state index in [0.717, 1.165) is 40.1 Å². The highest BCUT2D eigenvalue weighted by Crippen LogP contribution is 2.29. The van der Waals surface area contributed by atoms with E-state index >= 15 is 0 Å². The minimum Gasteiger partial charge on any atom is -0.449 e. The quantitative estimate of drug-likeness (QED) is 0.503. The van der Waals surface area contributed by atoms with Gasteiger partial charge in [0.15, 0.2) is 6.10 Å². The number of hydrogen-bond donors (Lipinski definition) is 1. The summed E-state index contributed by atoms with van der Waals surface area (Å²) < 4.78 is 6.33. The van der Waals surface area contributed by atoms with Gasteiger partial charge in [-0.05, 0) is 55.5 Å². The second-order valence-electron chi connectivity index (χ2n) is 7.08. The number of hydrogen-bond acceptors (Lipinski definition) is 5. The van der Waals surface area contributed by atoms with E-state index in [4.69, 9.17) is 4.74 Å². The number of ether oxygens (including phenoxy) is 1. The third kappa shape index (κ3) is 4.54. The lowest BCUT2D eigenvalue weighted by Crippen LogP contribution is -2.39. The van der Waals surface area contributed by atoms with Crippen LogP contribution in [0.1, 0.15) is 41.9 Å². The van der Waals surface area contributed by atoms with Crippen LogP contribution in [0.15, 0.2) is 54.6 Å². The predicted molar refractivity (Wildman–Crippen MR) is 114 cm³/mol. The Hall–Kier alpha value is -2.99. The molecular weight excluding hydrogens is 384 g/mol. The number of thiazole rings is 1. The van der Waals surface area contributed by atoms with Crippen LogP contribution in [0.3, 0.4) is 0 Å². The van der Waals surface area contributed by atoms with Crippen LogP contribution in [-0.2, 0) is 20.7 Å². The minimum atomic E-state index is -0.864. The number of para-hydroxylation sites is 1. The molecular formula is C23H22N2O3S. The van der Waals surface area contributed by atoms with Crippen molar-refractivity contribution in [1.82, 2.24) is 10.3 Å². The minimum absolute atomic E-state index is 0.0353. The van der Waals surface area contributed by atoms with Gasteiger partial charge in [-0.1, -0.05) is 36.4 Å². The van der Waals surface area contributed by atoms with Crippen LogP contribution < -0.4 is 5.32 Å². The van der Waals surface area contributed by atoms with E-state index in [1.54, 1.807) is 13.0 Å². The highest BCUT2D eigenvalue weighted by molar-refractivity contribution is 7.19. The molecule has 1 aliphatic carbocycles. The molecule has 2 aromatic carbocycles. The van der Waals surface area contributed by atoms with Crippen molar-refractivity contribution in [2.45, 2.75) is 38.3 Å². The van der Waals surface area contributed by atoms with Crippen molar-refractivity contribution < 1.29 is 14.3 Å². The Morgan fingerprint density at radius 3 is 2.86 bits per heavy atom. The summed E-state index contributed by atoms with van der Waals surface area (Å²) in [6, 6.07) is 15.9. The number of rotatable bonds is 5. The zero-order valence-corrected chi connectivity index (χ0v) is 16.9. The van der Waals surface area contributed by atoms with Gasteiger partial charge < -0.3 is 10.1 Å². The van der Waals surface area contributed by atoms with E-state index in [-0.39, 0.29) is 11.9 Å². The number of nitrogens with one attached hydrogen (secondary N) is 1. The number of aromatic nitrogens is 1. The fourth-order valence-corrected chi connectivity index (χ4v) is 4.43. The summed E-state index contributed by atoms with van der Waals surface area (Å²) >= 11 is 1.50. The monoisotopic (exact) mass is 406 g/mol. The van der Waals surface area contributed by atoms with Crippen molar-refractivity contribution in [1.29, 1.82) is 0 Å². The lowest BCUT2D eigenvalue weighted by atomic mass is 9.87. The van der Waals surface area contributed by atoms with Crippen molar-refractivity contribution in [2.75, 3.05) is 0 Å². The Morgan fingerprint density at radius 1 is 1.21 bits per heavy atom. The fraction of sp³-hybridized carbons (Fsp3) is 0.261. The van der Waals surface area contributed by atoms with Gasteiger partial charge in [0.1, 0.15) is 5.01 Å². The molecule has 29 heavy (non-hydrogen) atoms. The number of amides is 1. The van der Waals surface area contributed by atoms with Gasteiger partial charge >= 0.3 is 5.97 Å². The molecule has 0 saturated carbocycles. The largest absolute Gasteiger partial charge is 0.449 e. The Kier molecular flexibility index (Phi) is 5.71. The van der Waals surface area contributed by atoms with Gasteiger partial charge in [-0.25, -0.2) is 9.78 Å². The first-order chi connectivity index (χ1) is 14.1. The van der Waals surface area contributed by atoms with Crippen molar-refractivity contribution in [2.24, 2.45) is 0 Å². The van der Waals surface area contributed by atoms with Crippen molar-refractivity contribution in [3.05, 3.63) is 70.7 Å². The molecule has 0 spiro atoms. The van der Waals surface area contributed by atoms with Crippen LogP contribution in [0.25, 0.3) is 16.3 Å². The van der Waals surface area contributed by atoms with Gasteiger partial charge in [-0.15, -0.1) is 11.3 Å². The molecule has 0 radical (unpaired) electrons. The molecule has 148 valence electrons. The molecule has 1 N–H and O–H groups in total. The normalized spacial score (nSPS) is 17.1. The Bertz CT molecular complexity index is 1040. The average molecular weight is 407 g/mol. The highest BCUT2D eigenvalue weighted by atomic mass is 32.1. The zero-order chi connectivity index (χ0) is 20.2. The van der Waals surface area contributed by atoms with E-state index in [0.29, 0.717) is 0 Å². The van der Waals surface area contributed by atoms with Crippen LogP contribution >= 0.6 is 11.3 Å². The van der Waals surface area contributed by atoms with E-state index in [1.807, 2.05) is 36.4 Å². The Labute approximate surface area is 173 Å². The molecule has 2 atom stereocenters. The van der Waals surface area contributed by atoms with Gasteiger partial charge in [-0.2, -0.15) is 0 Å². The van der Waals surface area contributed by atoms with Crippen LogP contribution in [0, 0.1) is 0 Å². The molecule has 1 aliphatic rings. The molecule has 0 bridgehead atoms. The Morgan fingerprint density at radius 2 is 2.00 bits per heavy atom. The summed E-state index contributed by atoms with van der Waals surface area (Å²) in [7, 11) is 0. The SMILES string of the molecule is C[C@@H](OC(=O)/C=C/c1nc2ccccc2s1)C(=O)N[C@H]1CCCc2ccccc21. The average Bonchev–Trinajstić information content (AvgIpc) is 3.15. The maximum absolute atomic E-state index is 12.5. The second kappa shape index (κ2) is 8.57. The number of carbonyl (C=O) groups excluding carboxylic acids is 2. The van der Waals surface area contributed by atoms with Gasteiger partial charge in [0.05, 0.1) is 16.3 Å². The molecule has 0 unspecified atom stereocenters. The smallest absolute Gasteiger partial charge is 0.331 e. The number of nitrogens with zero attached hydrogens (tertiary/aromatic N) is 1. The van der Waals surface area contributed by atoms with Crippen LogP contribution in [0.5, 0.6) is 0 Å². The number of esters is 1. The topological polar surface area (TPSA) is 68.3 Å². The maximum atomic E-state index is 12.5. The molecule has 3 aromatic rings. The number of benzene rings is 2. The van der Waals surface area contributed by atoms with Crippen LogP contribution in [-0.4, -0.2) is 23.0 Å². The molecule has 1 heterocycles. The highest BCUT2D eigenvalue weighted by Gasteiger charge is 2.24. The number of aryl methyl sites for hydroxylation is 1. The second-order valence-corrected chi connectivity index (χ2v) is 8.15. The summed E-state index contributed by atoms with van der Waals surface area (Å²) in [6.45, 7) is 1.59.